The van der Waals surface area contributed by atoms with E-state index in [0.29, 0.717) is 5.75 Å². The maximum atomic E-state index is 9.35. The van der Waals surface area contributed by atoms with Crippen LogP contribution >= 0.6 is 22.6 Å². The number of hydrogen-bond acceptors (Lipinski definition) is 2. The lowest BCUT2D eigenvalue weighted by atomic mass is 10.2. The zero-order valence-corrected chi connectivity index (χ0v) is 8.83. The van der Waals surface area contributed by atoms with Crippen LogP contribution in [0.2, 0.25) is 0 Å². The molecule has 0 spiro atoms. The van der Waals surface area contributed by atoms with Crippen molar-refractivity contribution in [2.24, 2.45) is 0 Å². The van der Waals surface area contributed by atoms with E-state index in [0.717, 1.165) is 9.13 Å². The van der Waals surface area contributed by atoms with Gasteiger partial charge in [0, 0.05) is 0 Å². The van der Waals surface area contributed by atoms with Crippen LogP contribution in [0.1, 0.15) is 5.56 Å². The molecule has 3 heteroatoms. The average molecular weight is 276 g/mol. The summed E-state index contributed by atoms with van der Waals surface area (Å²) in [5, 5.41) is 9.35. The molecule has 0 amide bonds. The van der Waals surface area contributed by atoms with Crippen molar-refractivity contribution < 1.29 is 9.84 Å². The zero-order valence-electron chi connectivity index (χ0n) is 6.67. The lowest BCUT2D eigenvalue weighted by molar-refractivity contribution is 0.371. The Morgan fingerprint density at radius 1 is 1.58 bits per heavy atom. The van der Waals surface area contributed by atoms with Crippen LogP contribution in [0.3, 0.4) is 0 Å². The first-order valence-corrected chi connectivity index (χ1v) is 4.46. The summed E-state index contributed by atoms with van der Waals surface area (Å²) in [4.78, 5) is 0. The Bertz CT molecular complexity index is 308. The monoisotopic (exact) mass is 276 g/mol. The highest BCUT2D eigenvalue weighted by Crippen LogP contribution is 2.33. The van der Waals surface area contributed by atoms with Gasteiger partial charge in [0.2, 0.25) is 0 Å². The number of rotatable bonds is 2. The van der Waals surface area contributed by atoms with Crippen LogP contribution in [0.25, 0.3) is 6.08 Å². The molecule has 1 aromatic carbocycles. The molecule has 0 aliphatic heterocycles. The van der Waals surface area contributed by atoms with E-state index >= 15 is 0 Å². The van der Waals surface area contributed by atoms with Crippen LogP contribution in [0, 0.1) is 3.57 Å². The van der Waals surface area contributed by atoms with E-state index in [9.17, 15) is 5.11 Å². The summed E-state index contributed by atoms with van der Waals surface area (Å²) in [6.07, 6.45) is 1.73. The minimum Gasteiger partial charge on any atom is -0.504 e. The lowest BCUT2D eigenvalue weighted by Gasteiger charge is -2.07. The Balaban J connectivity index is 3.33. The molecule has 0 bridgehead atoms. The van der Waals surface area contributed by atoms with Gasteiger partial charge in [-0.25, -0.2) is 0 Å². The van der Waals surface area contributed by atoms with Crippen molar-refractivity contribution in [3.8, 4) is 11.5 Å². The summed E-state index contributed by atoms with van der Waals surface area (Å²) in [5.41, 5.74) is 0.963. The molecule has 1 aromatic rings. The molecule has 0 heterocycles. The summed E-state index contributed by atoms with van der Waals surface area (Å²) in [7, 11) is 1.53. The number of benzene rings is 1. The number of phenolic OH excluding ortho intramolecular Hbond substituents is 1. The van der Waals surface area contributed by atoms with Gasteiger partial charge in [-0.3, -0.25) is 0 Å². The van der Waals surface area contributed by atoms with Gasteiger partial charge in [-0.05, 0) is 40.3 Å². The molecule has 64 valence electrons. The lowest BCUT2D eigenvalue weighted by Crippen LogP contribution is -1.89. The molecule has 0 unspecified atom stereocenters. The number of halogens is 1. The van der Waals surface area contributed by atoms with Crippen molar-refractivity contribution in [2.45, 2.75) is 0 Å². The van der Waals surface area contributed by atoms with Crippen molar-refractivity contribution in [3.63, 3.8) is 0 Å². The number of ether oxygens (including phenoxy) is 1. The molecule has 0 aliphatic rings. The van der Waals surface area contributed by atoms with Crippen LogP contribution in [0.4, 0.5) is 0 Å². The topological polar surface area (TPSA) is 29.5 Å². The normalized spacial score (nSPS) is 9.50. The molecule has 1 rings (SSSR count). The fraction of sp³-hybridized carbons (Fsp3) is 0.111. The van der Waals surface area contributed by atoms with Gasteiger partial charge >= 0.3 is 0 Å². The Hall–Kier alpha value is -0.710. The fourth-order valence-electron chi connectivity index (χ4n) is 0.913. The summed E-state index contributed by atoms with van der Waals surface area (Å²) in [5.74, 6) is 0.667. The molecular formula is C9H9IO2. The number of phenols is 1. The van der Waals surface area contributed by atoms with Crippen LogP contribution in [-0.2, 0) is 0 Å². The zero-order chi connectivity index (χ0) is 9.14. The summed E-state index contributed by atoms with van der Waals surface area (Å²) >= 11 is 2.11. The Kier molecular flexibility index (Phi) is 2.97. The predicted octanol–water partition coefficient (Wildman–Crippen LogP) is 2.65. The van der Waals surface area contributed by atoms with E-state index in [-0.39, 0.29) is 5.75 Å². The fourth-order valence-corrected chi connectivity index (χ4v) is 1.81. The van der Waals surface area contributed by atoms with E-state index in [2.05, 4.69) is 29.2 Å². The van der Waals surface area contributed by atoms with E-state index in [1.54, 1.807) is 18.2 Å². The van der Waals surface area contributed by atoms with Crippen molar-refractivity contribution in [3.05, 3.63) is 27.8 Å². The van der Waals surface area contributed by atoms with Crippen molar-refractivity contribution in [1.82, 2.24) is 0 Å². The van der Waals surface area contributed by atoms with Gasteiger partial charge in [-0.15, -0.1) is 0 Å². The SMILES string of the molecule is C=Cc1ccc(O)c(OC)c1I. The molecular weight excluding hydrogens is 267 g/mol. The molecule has 0 fully saturated rings. The summed E-state index contributed by atoms with van der Waals surface area (Å²) in [6, 6.07) is 3.39. The number of methoxy groups -OCH3 is 1. The van der Waals surface area contributed by atoms with Gasteiger partial charge in [0.1, 0.15) is 0 Å². The maximum absolute atomic E-state index is 9.35. The van der Waals surface area contributed by atoms with E-state index in [1.165, 1.54) is 7.11 Å². The molecule has 1 N–H and O–H groups in total. The molecule has 12 heavy (non-hydrogen) atoms. The van der Waals surface area contributed by atoms with Gasteiger partial charge in [0.15, 0.2) is 11.5 Å². The summed E-state index contributed by atoms with van der Waals surface area (Å²) < 4.78 is 5.89. The second-order valence-corrected chi connectivity index (χ2v) is 3.30. The third-order valence-electron chi connectivity index (χ3n) is 1.53. The largest absolute Gasteiger partial charge is 0.504 e. The van der Waals surface area contributed by atoms with Crippen LogP contribution in [-0.4, -0.2) is 12.2 Å². The highest BCUT2D eigenvalue weighted by Gasteiger charge is 2.08. The van der Waals surface area contributed by atoms with E-state index in [4.69, 9.17) is 4.74 Å². The second-order valence-electron chi connectivity index (χ2n) is 2.23. The first kappa shape index (κ1) is 9.38. The summed E-state index contributed by atoms with van der Waals surface area (Å²) in [6.45, 7) is 3.65. The first-order chi connectivity index (χ1) is 5.70. The highest BCUT2D eigenvalue weighted by atomic mass is 127. The smallest absolute Gasteiger partial charge is 0.174 e. The minimum atomic E-state index is 0.160. The minimum absolute atomic E-state index is 0.160. The second kappa shape index (κ2) is 3.80. The van der Waals surface area contributed by atoms with Crippen LogP contribution in [0.5, 0.6) is 11.5 Å². The van der Waals surface area contributed by atoms with Gasteiger partial charge in [0.25, 0.3) is 0 Å². The molecule has 0 saturated heterocycles. The van der Waals surface area contributed by atoms with Crippen LogP contribution < -0.4 is 4.74 Å². The molecule has 0 radical (unpaired) electrons. The predicted molar refractivity (Wildman–Crippen MR) is 57.5 cm³/mol. The van der Waals surface area contributed by atoms with E-state index in [1.807, 2.05) is 0 Å². The standard InChI is InChI=1S/C9H9IO2/c1-3-6-4-5-7(11)9(12-2)8(6)10/h3-5,11H,1H2,2H3. The van der Waals surface area contributed by atoms with Crippen molar-refractivity contribution in [1.29, 1.82) is 0 Å². The maximum Gasteiger partial charge on any atom is 0.174 e. The Labute approximate surface area is 85.0 Å². The number of hydrogen-bond donors (Lipinski definition) is 1. The van der Waals surface area contributed by atoms with Crippen LogP contribution in [0.15, 0.2) is 18.7 Å². The third kappa shape index (κ3) is 1.55. The molecule has 0 saturated carbocycles. The van der Waals surface area contributed by atoms with E-state index < -0.39 is 0 Å². The first-order valence-electron chi connectivity index (χ1n) is 3.38. The van der Waals surface area contributed by atoms with Gasteiger partial charge < -0.3 is 9.84 Å². The third-order valence-corrected chi connectivity index (χ3v) is 2.64. The molecule has 0 aromatic heterocycles. The van der Waals surface area contributed by atoms with Crippen molar-refractivity contribution in [2.75, 3.05) is 7.11 Å². The molecule has 0 aliphatic carbocycles. The highest BCUT2D eigenvalue weighted by molar-refractivity contribution is 14.1. The Morgan fingerprint density at radius 2 is 2.25 bits per heavy atom. The molecule has 0 atom stereocenters. The van der Waals surface area contributed by atoms with Gasteiger partial charge in [0.05, 0.1) is 10.7 Å². The molecule has 2 nitrogen and oxygen atoms in total. The van der Waals surface area contributed by atoms with Gasteiger partial charge in [-0.2, -0.15) is 0 Å². The Morgan fingerprint density at radius 3 is 2.75 bits per heavy atom. The average Bonchev–Trinajstić information content (AvgIpc) is 2.06. The quantitative estimate of drug-likeness (QED) is 0.841. The number of aromatic hydroxyl groups is 1. The van der Waals surface area contributed by atoms with Crippen molar-refractivity contribution >= 4 is 28.7 Å². The van der Waals surface area contributed by atoms with Gasteiger partial charge in [-0.1, -0.05) is 12.7 Å².